The van der Waals surface area contributed by atoms with Crippen LogP contribution in [0.4, 0.5) is 8.78 Å². The predicted molar refractivity (Wildman–Crippen MR) is 108 cm³/mol. The molecule has 0 saturated heterocycles. The molecule has 0 atom stereocenters. The van der Waals surface area contributed by atoms with E-state index < -0.39 is 23.6 Å². The smallest absolute Gasteiger partial charge is 0.375 e. The van der Waals surface area contributed by atoms with E-state index in [0.717, 1.165) is 62.5 Å². The number of aromatic carboxylic acids is 1. The molecule has 30 heavy (non-hydrogen) atoms. The largest absolute Gasteiger partial charge is 0.478 e. The van der Waals surface area contributed by atoms with Gasteiger partial charge in [0.2, 0.25) is 0 Å². The lowest BCUT2D eigenvalue weighted by Crippen LogP contribution is -2.05. The van der Waals surface area contributed by atoms with Crippen molar-refractivity contribution in [3.05, 3.63) is 70.3 Å². The van der Waals surface area contributed by atoms with Crippen LogP contribution in [0.15, 0.2) is 36.4 Å². The zero-order valence-electron chi connectivity index (χ0n) is 16.7. The van der Waals surface area contributed by atoms with Crippen molar-refractivity contribution in [2.45, 2.75) is 57.8 Å². The van der Waals surface area contributed by atoms with Crippen molar-refractivity contribution in [3.8, 4) is 0 Å². The molecule has 0 bridgehead atoms. The minimum atomic E-state index is -1.26. The normalized spacial score (nSPS) is 10.8. The molecule has 0 fully saturated rings. The van der Waals surface area contributed by atoms with E-state index in [4.69, 9.17) is 10.4 Å². The second kappa shape index (κ2) is 12.0. The zero-order valence-corrected chi connectivity index (χ0v) is 16.7. The number of hydrogen-bond donors (Lipinski definition) is 2. The van der Waals surface area contributed by atoms with Crippen LogP contribution < -0.4 is 0 Å². The Bertz CT molecular complexity index is 867. The number of halogens is 2. The number of carboxylic acids is 1. The van der Waals surface area contributed by atoms with Crippen LogP contribution in [-0.4, -0.2) is 22.3 Å². The van der Waals surface area contributed by atoms with E-state index in [1.807, 2.05) is 0 Å². The van der Waals surface area contributed by atoms with Crippen LogP contribution in [0.25, 0.3) is 0 Å². The lowest BCUT2D eigenvalue weighted by Gasteiger charge is -2.06. The molecular formula is C23H26F2O5. The van der Waals surface area contributed by atoms with Crippen molar-refractivity contribution in [2.75, 3.05) is 0 Å². The highest BCUT2D eigenvalue weighted by Crippen LogP contribution is 2.17. The van der Waals surface area contributed by atoms with Gasteiger partial charge in [0.25, 0.3) is 0 Å². The maximum Gasteiger partial charge on any atom is 0.375 e. The van der Waals surface area contributed by atoms with Gasteiger partial charge in [0, 0.05) is 0 Å². The molecule has 2 aromatic carbocycles. The van der Waals surface area contributed by atoms with Gasteiger partial charge in [-0.2, -0.15) is 5.26 Å². The summed E-state index contributed by atoms with van der Waals surface area (Å²) in [4.78, 5) is 25.5. The molecule has 0 heterocycles. The first-order valence-corrected chi connectivity index (χ1v) is 10.1. The van der Waals surface area contributed by atoms with Gasteiger partial charge < -0.3 is 5.11 Å². The third-order valence-corrected chi connectivity index (χ3v) is 5.03. The minimum Gasteiger partial charge on any atom is -0.478 e. The number of carbonyl (C=O) groups excluding carboxylic acids is 1. The Morgan fingerprint density at radius 3 is 1.57 bits per heavy atom. The Labute approximate surface area is 174 Å². The SMILES string of the molecule is O=C(O)c1ccc(CCCCCCCCCc2ccc(C(=O)OO)c(F)c2)cc1F. The number of unbranched alkanes of at least 4 members (excludes halogenated alkanes) is 6. The zero-order chi connectivity index (χ0) is 21.9. The fraction of sp³-hybridized carbons (Fsp3) is 0.391. The highest BCUT2D eigenvalue weighted by Gasteiger charge is 2.13. The average Bonchev–Trinajstić information content (AvgIpc) is 2.72. The summed E-state index contributed by atoms with van der Waals surface area (Å²) in [6.45, 7) is 0. The monoisotopic (exact) mass is 420 g/mol. The highest BCUT2D eigenvalue weighted by atomic mass is 19.1. The fourth-order valence-corrected chi connectivity index (χ4v) is 3.36. The number of carbonyl (C=O) groups is 2. The highest BCUT2D eigenvalue weighted by molar-refractivity contribution is 5.89. The molecule has 0 aliphatic rings. The summed E-state index contributed by atoms with van der Waals surface area (Å²) in [5.74, 6) is -3.76. The van der Waals surface area contributed by atoms with E-state index in [1.54, 1.807) is 12.1 Å². The van der Waals surface area contributed by atoms with Gasteiger partial charge >= 0.3 is 11.9 Å². The van der Waals surface area contributed by atoms with Crippen LogP contribution in [0.5, 0.6) is 0 Å². The molecule has 2 aromatic rings. The number of carboxylic acid groups (broad SMARTS) is 1. The lowest BCUT2D eigenvalue weighted by molar-refractivity contribution is -0.183. The molecule has 0 aliphatic heterocycles. The van der Waals surface area contributed by atoms with Crippen molar-refractivity contribution >= 4 is 11.9 Å². The standard InChI is InChI=1S/C23H26F2O5/c24-20-14-16(10-12-18(20)22(26)27)8-6-4-2-1-3-5-7-9-17-11-13-19(21(25)15-17)23(28)30-29/h10-15,29H,1-9H2,(H,26,27). The molecular weight excluding hydrogens is 394 g/mol. The Morgan fingerprint density at radius 2 is 1.17 bits per heavy atom. The number of benzene rings is 2. The van der Waals surface area contributed by atoms with E-state index in [0.29, 0.717) is 6.42 Å². The van der Waals surface area contributed by atoms with Crippen LogP contribution in [0, 0.1) is 11.6 Å². The molecule has 5 nitrogen and oxygen atoms in total. The molecule has 0 saturated carbocycles. The molecule has 0 unspecified atom stereocenters. The summed E-state index contributed by atoms with van der Waals surface area (Å²) in [6, 6.07) is 8.52. The van der Waals surface area contributed by atoms with E-state index in [-0.39, 0.29) is 11.1 Å². The summed E-state index contributed by atoms with van der Waals surface area (Å²) in [5, 5.41) is 17.1. The topological polar surface area (TPSA) is 83.8 Å². The first-order chi connectivity index (χ1) is 14.4. The minimum absolute atomic E-state index is 0.290. The molecule has 0 aliphatic carbocycles. The number of rotatable bonds is 12. The van der Waals surface area contributed by atoms with Gasteiger partial charge in [-0.1, -0.05) is 44.2 Å². The van der Waals surface area contributed by atoms with Gasteiger partial charge in [0.1, 0.15) is 11.6 Å². The first-order valence-electron chi connectivity index (χ1n) is 10.1. The molecule has 0 amide bonds. The third kappa shape index (κ3) is 7.22. The Morgan fingerprint density at radius 1 is 0.733 bits per heavy atom. The second-order valence-corrected chi connectivity index (χ2v) is 7.29. The quantitative estimate of drug-likeness (QED) is 0.257. The van der Waals surface area contributed by atoms with Crippen molar-refractivity contribution in [2.24, 2.45) is 0 Å². The molecule has 0 radical (unpaired) electrons. The van der Waals surface area contributed by atoms with E-state index >= 15 is 0 Å². The number of hydrogen-bond acceptors (Lipinski definition) is 4. The van der Waals surface area contributed by atoms with Crippen molar-refractivity contribution in [3.63, 3.8) is 0 Å². The van der Waals surface area contributed by atoms with Crippen LogP contribution in [-0.2, 0) is 17.7 Å². The molecule has 2 N–H and O–H groups in total. The van der Waals surface area contributed by atoms with Crippen LogP contribution in [0.3, 0.4) is 0 Å². The van der Waals surface area contributed by atoms with Gasteiger partial charge in [0.05, 0.1) is 11.1 Å². The Kier molecular flexibility index (Phi) is 9.41. The average molecular weight is 420 g/mol. The van der Waals surface area contributed by atoms with Crippen molar-refractivity contribution in [1.82, 2.24) is 0 Å². The first kappa shape index (κ1) is 23.5. The van der Waals surface area contributed by atoms with E-state index in [1.165, 1.54) is 24.3 Å². The molecule has 0 aromatic heterocycles. The number of aryl methyl sites for hydroxylation is 2. The molecule has 162 valence electrons. The molecule has 7 heteroatoms. The van der Waals surface area contributed by atoms with E-state index in [9.17, 15) is 18.4 Å². The lowest BCUT2D eigenvalue weighted by atomic mass is 10.0. The van der Waals surface area contributed by atoms with Crippen molar-refractivity contribution in [1.29, 1.82) is 0 Å². The van der Waals surface area contributed by atoms with Gasteiger partial charge in [-0.25, -0.2) is 18.4 Å². The van der Waals surface area contributed by atoms with E-state index in [2.05, 4.69) is 4.89 Å². The summed E-state index contributed by atoms with van der Waals surface area (Å²) in [7, 11) is 0. The van der Waals surface area contributed by atoms with Crippen molar-refractivity contribution < 1.29 is 33.6 Å². The third-order valence-electron chi connectivity index (χ3n) is 5.03. The second-order valence-electron chi connectivity index (χ2n) is 7.29. The van der Waals surface area contributed by atoms with Crippen LogP contribution in [0.2, 0.25) is 0 Å². The van der Waals surface area contributed by atoms with Gasteiger partial charge in [-0.15, -0.1) is 0 Å². The summed E-state index contributed by atoms with van der Waals surface area (Å²) >= 11 is 0. The van der Waals surface area contributed by atoms with Gasteiger partial charge in [-0.05, 0) is 61.1 Å². The maximum absolute atomic E-state index is 13.8. The van der Waals surface area contributed by atoms with Gasteiger partial charge in [-0.3, -0.25) is 4.89 Å². The van der Waals surface area contributed by atoms with Crippen LogP contribution in [0.1, 0.15) is 76.8 Å². The Balaban J connectivity index is 1.56. The predicted octanol–water partition coefficient (Wildman–Crippen LogP) is 5.81. The summed E-state index contributed by atoms with van der Waals surface area (Å²) < 4.78 is 27.4. The molecule has 2 rings (SSSR count). The summed E-state index contributed by atoms with van der Waals surface area (Å²) in [5.41, 5.74) is 1.01. The molecule has 0 spiro atoms. The Hall–Kier alpha value is -2.80. The fourth-order valence-electron chi connectivity index (χ4n) is 3.36. The summed E-state index contributed by atoms with van der Waals surface area (Å²) in [6.07, 6.45) is 8.54. The van der Waals surface area contributed by atoms with Crippen LogP contribution >= 0.6 is 0 Å². The maximum atomic E-state index is 13.8. The van der Waals surface area contributed by atoms with Gasteiger partial charge in [0.15, 0.2) is 0 Å².